The van der Waals surface area contributed by atoms with Crippen molar-refractivity contribution in [3.8, 4) is 0 Å². The average Bonchev–Trinajstić information content (AvgIpc) is 3.10. The Hall–Kier alpha value is -2.32. The largest absolute Gasteiger partial charge is 0.389 e. The van der Waals surface area contributed by atoms with Crippen LogP contribution in [0.25, 0.3) is 0 Å². The van der Waals surface area contributed by atoms with Crippen LogP contribution in [0.15, 0.2) is 36.1 Å². The van der Waals surface area contributed by atoms with Crippen LogP contribution < -0.4 is 5.32 Å². The number of carbonyl (C=O) groups excluding carboxylic acids is 2. The molecule has 1 aliphatic heterocycles. The predicted octanol–water partition coefficient (Wildman–Crippen LogP) is 0.472. The number of nitrogens with zero attached hydrogens (tertiary/aromatic N) is 3. The van der Waals surface area contributed by atoms with Crippen molar-refractivity contribution < 1.29 is 14.7 Å². The highest BCUT2D eigenvalue weighted by Crippen LogP contribution is 2.15. The molecular weight excluding hydrogens is 328 g/mol. The Morgan fingerprint density at radius 1 is 1.42 bits per heavy atom. The standard InChI is InChI=1S/C16H18N4O3S/c21-14-10-20(15(22)8-11-2-1-7-24-11)6-3-12(14)19-16(23)13-9-17-4-5-18-13/h1-2,4-5,7,9,12,14,21H,3,6,8,10H2,(H,19,23)/t12-,14-/m1/s1. The first-order valence-electron chi connectivity index (χ1n) is 7.68. The van der Waals surface area contributed by atoms with Gasteiger partial charge in [-0.3, -0.25) is 14.6 Å². The summed E-state index contributed by atoms with van der Waals surface area (Å²) in [7, 11) is 0. The Kier molecular flexibility index (Phi) is 5.17. The Labute approximate surface area is 143 Å². The molecule has 0 aromatic carbocycles. The lowest BCUT2D eigenvalue weighted by Gasteiger charge is -2.36. The third-order valence-corrected chi connectivity index (χ3v) is 4.83. The minimum atomic E-state index is -0.799. The van der Waals surface area contributed by atoms with Gasteiger partial charge in [-0.25, -0.2) is 4.98 Å². The van der Waals surface area contributed by atoms with Gasteiger partial charge in [-0.05, 0) is 17.9 Å². The van der Waals surface area contributed by atoms with E-state index in [-0.39, 0.29) is 24.1 Å². The Morgan fingerprint density at radius 2 is 2.29 bits per heavy atom. The number of likely N-dealkylation sites (tertiary alicyclic amines) is 1. The highest BCUT2D eigenvalue weighted by molar-refractivity contribution is 7.10. The predicted molar refractivity (Wildman–Crippen MR) is 88.5 cm³/mol. The molecule has 0 bridgehead atoms. The van der Waals surface area contributed by atoms with Crippen molar-refractivity contribution in [3.63, 3.8) is 0 Å². The van der Waals surface area contributed by atoms with Crippen LogP contribution in [0.1, 0.15) is 21.8 Å². The summed E-state index contributed by atoms with van der Waals surface area (Å²) in [6, 6.07) is 3.44. The number of aliphatic hydroxyl groups is 1. The zero-order valence-electron chi connectivity index (χ0n) is 13.0. The van der Waals surface area contributed by atoms with Gasteiger partial charge in [0.15, 0.2) is 0 Å². The molecule has 8 heteroatoms. The second-order valence-electron chi connectivity index (χ2n) is 5.62. The molecule has 1 fully saturated rings. The van der Waals surface area contributed by atoms with Crippen LogP contribution in [-0.2, 0) is 11.2 Å². The molecule has 3 heterocycles. The van der Waals surface area contributed by atoms with Crippen molar-refractivity contribution in [2.24, 2.45) is 0 Å². The number of nitrogens with one attached hydrogen (secondary N) is 1. The zero-order valence-corrected chi connectivity index (χ0v) is 13.8. The molecule has 0 saturated carbocycles. The third-order valence-electron chi connectivity index (χ3n) is 3.95. The van der Waals surface area contributed by atoms with E-state index in [1.54, 1.807) is 16.2 Å². The van der Waals surface area contributed by atoms with Crippen molar-refractivity contribution in [1.29, 1.82) is 0 Å². The summed E-state index contributed by atoms with van der Waals surface area (Å²) in [5.74, 6) is -0.374. The Bertz CT molecular complexity index is 693. The first-order valence-corrected chi connectivity index (χ1v) is 8.56. The molecule has 2 N–H and O–H groups in total. The number of carbonyl (C=O) groups is 2. The number of thiophene rings is 1. The van der Waals surface area contributed by atoms with E-state index in [2.05, 4.69) is 15.3 Å². The van der Waals surface area contributed by atoms with E-state index in [1.807, 2.05) is 17.5 Å². The lowest BCUT2D eigenvalue weighted by molar-refractivity contribution is -0.134. The van der Waals surface area contributed by atoms with Gasteiger partial charge in [0, 0.05) is 30.4 Å². The number of piperidine rings is 1. The molecule has 0 unspecified atom stereocenters. The Balaban J connectivity index is 1.53. The summed E-state index contributed by atoms with van der Waals surface area (Å²) in [5.41, 5.74) is 0.209. The summed E-state index contributed by atoms with van der Waals surface area (Å²) in [5, 5.41) is 15.0. The summed E-state index contributed by atoms with van der Waals surface area (Å²) >= 11 is 1.54. The summed E-state index contributed by atoms with van der Waals surface area (Å²) in [6.45, 7) is 0.725. The second kappa shape index (κ2) is 7.50. The maximum atomic E-state index is 12.3. The van der Waals surface area contributed by atoms with Crippen molar-refractivity contribution in [2.45, 2.75) is 25.0 Å². The Morgan fingerprint density at radius 3 is 2.96 bits per heavy atom. The zero-order chi connectivity index (χ0) is 16.9. The topological polar surface area (TPSA) is 95.4 Å². The first-order chi connectivity index (χ1) is 11.6. The van der Waals surface area contributed by atoms with E-state index in [4.69, 9.17) is 0 Å². The molecule has 0 aliphatic carbocycles. The molecule has 1 aliphatic rings. The number of aromatic nitrogens is 2. The van der Waals surface area contributed by atoms with Gasteiger partial charge in [0.25, 0.3) is 5.91 Å². The maximum absolute atomic E-state index is 12.3. The monoisotopic (exact) mass is 346 g/mol. The molecule has 24 heavy (non-hydrogen) atoms. The molecular formula is C16H18N4O3S. The van der Waals surface area contributed by atoms with Gasteiger partial charge in [-0.15, -0.1) is 11.3 Å². The van der Waals surface area contributed by atoms with Crippen molar-refractivity contribution >= 4 is 23.2 Å². The van der Waals surface area contributed by atoms with Gasteiger partial charge in [0.2, 0.25) is 5.91 Å². The van der Waals surface area contributed by atoms with Crippen LogP contribution in [0.4, 0.5) is 0 Å². The van der Waals surface area contributed by atoms with E-state index in [9.17, 15) is 14.7 Å². The van der Waals surface area contributed by atoms with Crippen molar-refractivity contribution in [3.05, 3.63) is 46.7 Å². The normalized spacial score (nSPS) is 20.6. The van der Waals surface area contributed by atoms with Crippen molar-refractivity contribution in [2.75, 3.05) is 13.1 Å². The van der Waals surface area contributed by atoms with E-state index in [1.165, 1.54) is 18.6 Å². The fourth-order valence-electron chi connectivity index (χ4n) is 2.66. The minimum absolute atomic E-state index is 0.00444. The molecule has 1 saturated heterocycles. The number of hydrogen-bond donors (Lipinski definition) is 2. The molecule has 0 spiro atoms. The third kappa shape index (κ3) is 3.95. The molecule has 2 amide bonds. The molecule has 2 aromatic heterocycles. The second-order valence-corrected chi connectivity index (χ2v) is 6.65. The number of hydrogen-bond acceptors (Lipinski definition) is 6. The molecule has 2 atom stereocenters. The van der Waals surface area contributed by atoms with E-state index in [0.29, 0.717) is 19.4 Å². The molecule has 2 aromatic rings. The maximum Gasteiger partial charge on any atom is 0.271 e. The molecule has 126 valence electrons. The van der Waals surface area contributed by atoms with Gasteiger partial charge in [-0.1, -0.05) is 6.07 Å². The molecule has 3 rings (SSSR count). The van der Waals surface area contributed by atoms with E-state index >= 15 is 0 Å². The number of aliphatic hydroxyl groups excluding tert-OH is 1. The SMILES string of the molecule is O=C(N[C@@H]1CCN(C(=O)Cc2cccs2)C[C@H]1O)c1cnccn1. The fourth-order valence-corrected chi connectivity index (χ4v) is 3.36. The number of amides is 2. The number of rotatable bonds is 4. The highest BCUT2D eigenvalue weighted by atomic mass is 32.1. The van der Waals surface area contributed by atoms with Gasteiger partial charge >= 0.3 is 0 Å². The lowest BCUT2D eigenvalue weighted by Crippen LogP contribution is -2.55. The quantitative estimate of drug-likeness (QED) is 0.839. The van der Waals surface area contributed by atoms with Crippen molar-refractivity contribution in [1.82, 2.24) is 20.2 Å². The van der Waals surface area contributed by atoms with Crippen LogP contribution >= 0.6 is 11.3 Å². The van der Waals surface area contributed by atoms with Crippen LogP contribution in [0.3, 0.4) is 0 Å². The van der Waals surface area contributed by atoms with Crippen LogP contribution in [0.5, 0.6) is 0 Å². The molecule has 0 radical (unpaired) electrons. The highest BCUT2D eigenvalue weighted by Gasteiger charge is 2.31. The van der Waals surface area contributed by atoms with Crippen LogP contribution in [0.2, 0.25) is 0 Å². The number of β-amino-alcohol motifs (C(OH)–C–C–N with tert-alkyl or cyclic N) is 1. The first kappa shape index (κ1) is 16.5. The summed E-state index contributed by atoms with van der Waals surface area (Å²) < 4.78 is 0. The van der Waals surface area contributed by atoms with E-state index < -0.39 is 12.1 Å². The van der Waals surface area contributed by atoms with Gasteiger partial charge in [0.1, 0.15) is 5.69 Å². The van der Waals surface area contributed by atoms with E-state index in [0.717, 1.165) is 4.88 Å². The van der Waals surface area contributed by atoms with Gasteiger partial charge < -0.3 is 15.3 Å². The lowest BCUT2D eigenvalue weighted by atomic mass is 10.0. The van der Waals surface area contributed by atoms with Gasteiger partial charge in [0.05, 0.1) is 24.8 Å². The van der Waals surface area contributed by atoms with Crippen LogP contribution in [0, 0.1) is 0 Å². The van der Waals surface area contributed by atoms with Crippen LogP contribution in [-0.4, -0.2) is 57.0 Å². The summed E-state index contributed by atoms with van der Waals surface area (Å²) in [4.78, 5) is 34.8. The molecule has 7 nitrogen and oxygen atoms in total. The summed E-state index contributed by atoms with van der Waals surface area (Å²) in [6.07, 6.45) is 4.36. The fraction of sp³-hybridized carbons (Fsp3) is 0.375. The minimum Gasteiger partial charge on any atom is -0.389 e. The smallest absolute Gasteiger partial charge is 0.271 e. The van der Waals surface area contributed by atoms with Gasteiger partial charge in [-0.2, -0.15) is 0 Å². The average molecular weight is 346 g/mol.